The molecule has 1 aromatic heterocycles. The monoisotopic (exact) mass is 400 g/mol. The van der Waals surface area contributed by atoms with Crippen LogP contribution < -0.4 is 4.90 Å². The van der Waals surface area contributed by atoms with Gasteiger partial charge in [-0.15, -0.1) is 10.2 Å². The summed E-state index contributed by atoms with van der Waals surface area (Å²) in [6, 6.07) is 10.4. The summed E-state index contributed by atoms with van der Waals surface area (Å²) < 4.78 is 5.87. The van der Waals surface area contributed by atoms with Gasteiger partial charge in [-0.2, -0.15) is 0 Å². The summed E-state index contributed by atoms with van der Waals surface area (Å²) in [5, 5.41) is 8.72. The number of nitrogens with zero attached hydrogens (tertiary/aromatic N) is 4. The van der Waals surface area contributed by atoms with Gasteiger partial charge in [0, 0.05) is 37.8 Å². The van der Waals surface area contributed by atoms with E-state index in [1.54, 1.807) is 0 Å². The first-order chi connectivity index (χ1) is 13.7. The molecule has 0 radical (unpaired) electrons. The molecule has 2 fully saturated rings. The summed E-state index contributed by atoms with van der Waals surface area (Å²) in [4.78, 5) is 17.1. The van der Waals surface area contributed by atoms with Crippen molar-refractivity contribution in [2.24, 2.45) is 0 Å². The Labute approximate surface area is 170 Å². The molecule has 7 heteroatoms. The molecule has 6 nitrogen and oxygen atoms in total. The molecule has 4 rings (SSSR count). The largest absolute Gasteiger partial charge is 0.416 e. The molecule has 28 heavy (non-hydrogen) atoms. The Morgan fingerprint density at radius 1 is 1.07 bits per heavy atom. The first-order valence-electron chi connectivity index (χ1n) is 10.3. The average molecular weight is 401 g/mol. The number of carbonyl (C=O) groups excluding carboxylic acids is 1. The van der Waals surface area contributed by atoms with E-state index in [0.29, 0.717) is 11.1 Å². The van der Waals surface area contributed by atoms with Crippen molar-refractivity contribution in [3.8, 4) is 0 Å². The van der Waals surface area contributed by atoms with E-state index in [1.807, 2.05) is 17.9 Å². The van der Waals surface area contributed by atoms with Crippen molar-refractivity contribution < 1.29 is 9.21 Å². The van der Waals surface area contributed by atoms with E-state index in [1.165, 1.54) is 36.7 Å². The lowest BCUT2D eigenvalue weighted by Crippen LogP contribution is -2.50. The second-order valence-corrected chi connectivity index (χ2v) is 8.94. The van der Waals surface area contributed by atoms with Crippen LogP contribution in [0.3, 0.4) is 0 Å². The van der Waals surface area contributed by atoms with Crippen molar-refractivity contribution in [3.63, 3.8) is 0 Å². The van der Waals surface area contributed by atoms with E-state index < -0.39 is 0 Å². The first kappa shape index (κ1) is 19.3. The maximum atomic E-state index is 12.9. The number of benzene rings is 1. The number of anilines is 1. The van der Waals surface area contributed by atoms with Gasteiger partial charge in [-0.1, -0.05) is 49.2 Å². The lowest BCUT2D eigenvalue weighted by molar-refractivity contribution is -0.130. The summed E-state index contributed by atoms with van der Waals surface area (Å²) in [6.45, 7) is 5.14. The summed E-state index contributed by atoms with van der Waals surface area (Å²) in [5.41, 5.74) is 1.22. The van der Waals surface area contributed by atoms with Crippen LogP contribution in [-0.2, 0) is 4.79 Å². The normalized spacial score (nSPS) is 19.6. The van der Waals surface area contributed by atoms with Crippen LogP contribution in [-0.4, -0.2) is 52.4 Å². The number of thioether (sulfide) groups is 1. The third-order valence-corrected chi connectivity index (χ3v) is 6.64. The van der Waals surface area contributed by atoms with Gasteiger partial charge >= 0.3 is 0 Å². The minimum absolute atomic E-state index is 0.148. The quantitative estimate of drug-likeness (QED) is 0.708. The Morgan fingerprint density at radius 2 is 1.79 bits per heavy atom. The number of hydrogen-bond acceptors (Lipinski definition) is 6. The highest BCUT2D eigenvalue weighted by Gasteiger charge is 2.28. The minimum atomic E-state index is -0.220. The summed E-state index contributed by atoms with van der Waals surface area (Å²) >= 11 is 1.38. The SMILES string of the molecule is CC(Sc1nnc(C2CCCCC2)o1)C(=O)N1CCN(c2ccccc2)CC1. The van der Waals surface area contributed by atoms with Crippen molar-refractivity contribution >= 4 is 23.4 Å². The van der Waals surface area contributed by atoms with Crippen LogP contribution in [0.1, 0.15) is 50.8 Å². The maximum absolute atomic E-state index is 12.9. The van der Waals surface area contributed by atoms with Gasteiger partial charge in [0.1, 0.15) is 0 Å². The topological polar surface area (TPSA) is 62.5 Å². The number of para-hydroxylation sites is 1. The number of aromatic nitrogens is 2. The van der Waals surface area contributed by atoms with Gasteiger partial charge in [0.15, 0.2) is 0 Å². The molecule has 150 valence electrons. The Bertz CT molecular complexity index is 768. The Kier molecular flexibility index (Phi) is 6.20. The number of piperazine rings is 1. The van der Waals surface area contributed by atoms with Crippen molar-refractivity contribution in [3.05, 3.63) is 36.2 Å². The second kappa shape index (κ2) is 8.99. The second-order valence-electron chi connectivity index (χ2n) is 7.65. The van der Waals surface area contributed by atoms with Gasteiger partial charge in [-0.25, -0.2) is 0 Å². The Morgan fingerprint density at radius 3 is 2.50 bits per heavy atom. The van der Waals surface area contributed by atoms with Crippen LogP contribution >= 0.6 is 11.8 Å². The molecule has 1 aliphatic heterocycles. The molecule has 2 heterocycles. The molecule has 1 amide bonds. The first-order valence-corrected chi connectivity index (χ1v) is 11.2. The molecular weight excluding hydrogens is 372 g/mol. The van der Waals surface area contributed by atoms with Crippen LogP contribution in [0, 0.1) is 0 Å². The molecule has 1 saturated heterocycles. The van der Waals surface area contributed by atoms with Crippen LogP contribution in [0.5, 0.6) is 0 Å². The van der Waals surface area contributed by atoms with E-state index >= 15 is 0 Å². The van der Waals surface area contributed by atoms with Crippen molar-refractivity contribution in [1.82, 2.24) is 15.1 Å². The molecular formula is C21H28N4O2S. The molecule has 1 aromatic carbocycles. The predicted octanol–water partition coefficient (Wildman–Crippen LogP) is 3.95. The highest BCUT2D eigenvalue weighted by Crippen LogP contribution is 2.33. The standard InChI is InChI=1S/C21H28N4O2S/c1-16(28-21-23-22-19(27-21)17-8-4-2-5-9-17)20(26)25-14-12-24(13-15-25)18-10-6-3-7-11-18/h3,6-7,10-11,16-17H,2,4-5,8-9,12-15H2,1H3. The molecule has 0 N–H and O–H groups in total. The van der Waals surface area contributed by atoms with Gasteiger partial charge in [0.05, 0.1) is 5.25 Å². The third-order valence-electron chi connectivity index (χ3n) is 5.71. The van der Waals surface area contributed by atoms with Gasteiger partial charge in [-0.05, 0) is 31.9 Å². The number of amides is 1. The number of hydrogen-bond donors (Lipinski definition) is 0. The molecule has 1 aliphatic carbocycles. The molecule has 0 bridgehead atoms. The fraction of sp³-hybridized carbons (Fsp3) is 0.571. The van der Waals surface area contributed by atoms with E-state index in [-0.39, 0.29) is 11.2 Å². The zero-order valence-electron chi connectivity index (χ0n) is 16.4. The number of carbonyl (C=O) groups is 1. The van der Waals surface area contributed by atoms with Crippen molar-refractivity contribution in [1.29, 1.82) is 0 Å². The fourth-order valence-corrected chi connectivity index (χ4v) is 4.84. The molecule has 2 aliphatic rings. The average Bonchev–Trinajstić information content (AvgIpc) is 3.23. The van der Waals surface area contributed by atoms with Gasteiger partial charge < -0.3 is 14.2 Å². The van der Waals surface area contributed by atoms with Crippen molar-refractivity contribution in [2.75, 3.05) is 31.1 Å². The molecule has 0 spiro atoms. The van der Waals surface area contributed by atoms with Gasteiger partial charge in [-0.3, -0.25) is 4.79 Å². The summed E-state index contributed by atoms with van der Waals surface area (Å²) in [7, 11) is 0. The van der Waals surface area contributed by atoms with Gasteiger partial charge in [0.2, 0.25) is 11.8 Å². The highest BCUT2D eigenvalue weighted by atomic mass is 32.2. The lowest BCUT2D eigenvalue weighted by Gasteiger charge is -2.37. The van der Waals surface area contributed by atoms with Crippen molar-refractivity contribution in [2.45, 2.75) is 55.4 Å². The number of rotatable bonds is 5. The van der Waals surface area contributed by atoms with Crippen LogP contribution in [0.2, 0.25) is 0 Å². The summed E-state index contributed by atoms with van der Waals surface area (Å²) in [5.74, 6) is 1.29. The van der Waals surface area contributed by atoms with Crippen LogP contribution in [0.25, 0.3) is 0 Å². The van der Waals surface area contributed by atoms with E-state index in [9.17, 15) is 4.79 Å². The van der Waals surface area contributed by atoms with E-state index in [2.05, 4.69) is 39.4 Å². The van der Waals surface area contributed by atoms with Crippen LogP contribution in [0.4, 0.5) is 5.69 Å². The van der Waals surface area contributed by atoms with Crippen LogP contribution in [0.15, 0.2) is 40.0 Å². The molecule has 1 unspecified atom stereocenters. The summed E-state index contributed by atoms with van der Waals surface area (Å²) in [6.07, 6.45) is 6.03. The third kappa shape index (κ3) is 4.51. The zero-order valence-corrected chi connectivity index (χ0v) is 17.2. The zero-order chi connectivity index (χ0) is 19.3. The Balaban J connectivity index is 1.29. The predicted molar refractivity (Wildman–Crippen MR) is 111 cm³/mol. The van der Waals surface area contributed by atoms with Gasteiger partial charge in [0.25, 0.3) is 5.22 Å². The fourth-order valence-electron chi connectivity index (χ4n) is 4.07. The minimum Gasteiger partial charge on any atom is -0.416 e. The van der Waals surface area contributed by atoms with E-state index in [0.717, 1.165) is 44.9 Å². The molecule has 1 atom stereocenters. The maximum Gasteiger partial charge on any atom is 0.277 e. The molecule has 2 aromatic rings. The smallest absolute Gasteiger partial charge is 0.277 e. The lowest BCUT2D eigenvalue weighted by atomic mass is 9.89. The highest BCUT2D eigenvalue weighted by molar-refractivity contribution is 8.00. The molecule has 1 saturated carbocycles. The van der Waals surface area contributed by atoms with E-state index in [4.69, 9.17) is 4.42 Å². The Hall–Kier alpha value is -2.02.